The van der Waals surface area contributed by atoms with E-state index in [1.165, 1.54) is 6.42 Å². The molecule has 2 saturated heterocycles. The van der Waals surface area contributed by atoms with Gasteiger partial charge in [-0.25, -0.2) is 4.79 Å². The van der Waals surface area contributed by atoms with Crippen molar-refractivity contribution in [3.63, 3.8) is 0 Å². The second-order valence-electron chi connectivity index (χ2n) is 7.23. The summed E-state index contributed by atoms with van der Waals surface area (Å²) in [5.74, 6) is 1.02. The molecule has 2 aliphatic rings. The van der Waals surface area contributed by atoms with Gasteiger partial charge in [-0.1, -0.05) is 6.92 Å². The summed E-state index contributed by atoms with van der Waals surface area (Å²) in [6, 6.07) is 2.48. The highest BCUT2D eigenvalue weighted by Gasteiger charge is 2.37. The zero-order valence-corrected chi connectivity index (χ0v) is 14.3. The molecule has 1 N–H and O–H groups in total. The van der Waals surface area contributed by atoms with E-state index in [0.717, 1.165) is 39.0 Å². The van der Waals surface area contributed by atoms with Gasteiger partial charge in [0.1, 0.15) is 0 Å². The average Bonchev–Trinajstić information content (AvgIpc) is 3.04. The van der Waals surface area contributed by atoms with Crippen molar-refractivity contribution in [2.45, 2.75) is 38.8 Å². The summed E-state index contributed by atoms with van der Waals surface area (Å²) in [5, 5.41) is 7.36. The van der Waals surface area contributed by atoms with Gasteiger partial charge >= 0.3 is 6.03 Å². The van der Waals surface area contributed by atoms with E-state index < -0.39 is 0 Å². The third kappa shape index (κ3) is 4.05. The molecule has 2 aliphatic heterocycles. The Balaban J connectivity index is 1.49. The van der Waals surface area contributed by atoms with Gasteiger partial charge in [0, 0.05) is 44.6 Å². The highest BCUT2D eigenvalue weighted by Crippen LogP contribution is 2.30. The van der Waals surface area contributed by atoms with Crippen LogP contribution in [0, 0.1) is 11.8 Å². The Morgan fingerprint density at radius 3 is 3.04 bits per heavy atom. The van der Waals surface area contributed by atoms with Crippen LogP contribution in [0.25, 0.3) is 0 Å². The first kappa shape index (κ1) is 16.3. The normalized spacial score (nSPS) is 26.6. The summed E-state index contributed by atoms with van der Waals surface area (Å²) < 4.78 is 1.92. The quantitative estimate of drug-likeness (QED) is 0.918. The number of urea groups is 1. The molecule has 0 aromatic carbocycles. The number of nitrogens with one attached hydrogen (secondary N) is 1. The Morgan fingerprint density at radius 1 is 1.39 bits per heavy atom. The number of hydrogen-bond acceptors (Lipinski definition) is 3. The fourth-order valence-corrected chi connectivity index (χ4v) is 3.99. The van der Waals surface area contributed by atoms with E-state index in [-0.39, 0.29) is 6.03 Å². The van der Waals surface area contributed by atoms with Crippen LogP contribution in [-0.4, -0.2) is 64.9 Å². The first-order valence-corrected chi connectivity index (χ1v) is 8.84. The van der Waals surface area contributed by atoms with E-state index in [0.29, 0.717) is 24.4 Å². The van der Waals surface area contributed by atoms with Crippen LogP contribution >= 0.6 is 0 Å². The number of rotatable bonds is 4. The SMILES string of the molecule is C[C@H](CNC(=O)N1CCC[C@H]2CN(C)CC[C@@H]21)Cn1cccn1. The lowest BCUT2D eigenvalue weighted by Gasteiger charge is -2.46. The van der Waals surface area contributed by atoms with Crippen molar-refractivity contribution in [2.24, 2.45) is 11.8 Å². The average molecular weight is 319 g/mol. The van der Waals surface area contributed by atoms with Gasteiger partial charge in [-0.3, -0.25) is 4.68 Å². The molecule has 1 aromatic rings. The molecule has 23 heavy (non-hydrogen) atoms. The van der Waals surface area contributed by atoms with Gasteiger partial charge in [-0.05, 0) is 50.8 Å². The number of hydrogen-bond donors (Lipinski definition) is 1. The molecule has 2 amide bonds. The first-order valence-electron chi connectivity index (χ1n) is 8.84. The van der Waals surface area contributed by atoms with Gasteiger partial charge in [0.2, 0.25) is 0 Å². The zero-order chi connectivity index (χ0) is 16.2. The molecule has 2 fully saturated rings. The van der Waals surface area contributed by atoms with Gasteiger partial charge in [-0.15, -0.1) is 0 Å². The fourth-order valence-electron chi connectivity index (χ4n) is 3.99. The molecule has 0 unspecified atom stereocenters. The van der Waals surface area contributed by atoms with Gasteiger partial charge in [0.25, 0.3) is 0 Å². The lowest BCUT2D eigenvalue weighted by atomic mass is 9.84. The minimum absolute atomic E-state index is 0.122. The predicted octanol–water partition coefficient (Wildman–Crippen LogP) is 1.64. The summed E-state index contributed by atoms with van der Waals surface area (Å²) in [6.07, 6.45) is 7.25. The standard InChI is InChI=1S/C17H29N5O/c1-14(12-21-8-4-7-19-21)11-18-17(23)22-9-3-5-15-13-20(2)10-6-16(15)22/h4,7-8,14-16H,3,5-6,9-13H2,1-2H3,(H,18,23)/t14-,15+,16+/m1/s1. The molecular weight excluding hydrogens is 290 g/mol. The van der Waals surface area contributed by atoms with Crippen LogP contribution in [0.2, 0.25) is 0 Å². The molecule has 0 radical (unpaired) electrons. The van der Waals surface area contributed by atoms with E-state index in [9.17, 15) is 4.79 Å². The van der Waals surface area contributed by atoms with Crippen LogP contribution in [-0.2, 0) is 6.54 Å². The monoisotopic (exact) mass is 319 g/mol. The summed E-state index contributed by atoms with van der Waals surface area (Å²) in [5.41, 5.74) is 0. The number of piperidine rings is 2. The lowest BCUT2D eigenvalue weighted by Crippen LogP contribution is -2.57. The molecule has 0 bridgehead atoms. The Hall–Kier alpha value is -1.56. The van der Waals surface area contributed by atoms with Crippen molar-refractivity contribution in [1.82, 2.24) is 24.9 Å². The maximum atomic E-state index is 12.6. The van der Waals surface area contributed by atoms with Crippen molar-refractivity contribution in [2.75, 3.05) is 33.2 Å². The molecule has 1 aromatic heterocycles. The molecule has 6 nitrogen and oxygen atoms in total. The molecule has 3 heterocycles. The summed E-state index contributed by atoms with van der Waals surface area (Å²) >= 11 is 0. The van der Waals surface area contributed by atoms with E-state index >= 15 is 0 Å². The molecule has 6 heteroatoms. The van der Waals surface area contributed by atoms with Crippen LogP contribution in [0.5, 0.6) is 0 Å². The molecule has 0 spiro atoms. The topological polar surface area (TPSA) is 53.4 Å². The van der Waals surface area contributed by atoms with E-state index in [4.69, 9.17) is 0 Å². The van der Waals surface area contributed by atoms with Crippen molar-refractivity contribution in [1.29, 1.82) is 0 Å². The third-order valence-electron chi connectivity index (χ3n) is 5.19. The zero-order valence-electron chi connectivity index (χ0n) is 14.3. The number of amides is 2. The van der Waals surface area contributed by atoms with Crippen LogP contribution in [0.15, 0.2) is 18.5 Å². The number of carbonyl (C=O) groups is 1. The van der Waals surface area contributed by atoms with E-state index in [1.807, 2.05) is 16.9 Å². The molecule has 0 saturated carbocycles. The lowest BCUT2D eigenvalue weighted by molar-refractivity contribution is 0.0530. The summed E-state index contributed by atoms with van der Waals surface area (Å²) in [4.78, 5) is 17.1. The van der Waals surface area contributed by atoms with Gasteiger partial charge < -0.3 is 15.1 Å². The fraction of sp³-hybridized carbons (Fsp3) is 0.765. The predicted molar refractivity (Wildman–Crippen MR) is 90.1 cm³/mol. The number of carbonyl (C=O) groups excluding carboxylic acids is 1. The first-order chi connectivity index (χ1) is 11.1. The van der Waals surface area contributed by atoms with E-state index in [2.05, 4.69) is 34.2 Å². The molecule has 3 atom stereocenters. The van der Waals surface area contributed by atoms with Crippen LogP contribution < -0.4 is 5.32 Å². The molecular formula is C17H29N5O. The Morgan fingerprint density at radius 2 is 2.26 bits per heavy atom. The minimum atomic E-state index is 0.122. The number of nitrogens with zero attached hydrogens (tertiary/aromatic N) is 4. The summed E-state index contributed by atoms with van der Waals surface area (Å²) in [6.45, 7) is 6.82. The molecule has 0 aliphatic carbocycles. The Bertz CT molecular complexity index is 503. The van der Waals surface area contributed by atoms with Crippen LogP contribution in [0.4, 0.5) is 4.79 Å². The number of fused-ring (bicyclic) bond motifs is 1. The summed E-state index contributed by atoms with van der Waals surface area (Å²) in [7, 11) is 2.19. The smallest absolute Gasteiger partial charge is 0.317 e. The Kier molecular flexibility index (Phi) is 5.20. The van der Waals surface area contributed by atoms with E-state index in [1.54, 1.807) is 6.20 Å². The van der Waals surface area contributed by atoms with Crippen molar-refractivity contribution in [3.05, 3.63) is 18.5 Å². The second-order valence-corrected chi connectivity index (χ2v) is 7.23. The highest BCUT2D eigenvalue weighted by molar-refractivity contribution is 5.74. The van der Waals surface area contributed by atoms with Crippen molar-refractivity contribution < 1.29 is 4.79 Å². The maximum absolute atomic E-state index is 12.6. The van der Waals surface area contributed by atoms with Crippen LogP contribution in [0.1, 0.15) is 26.2 Å². The second kappa shape index (κ2) is 7.34. The third-order valence-corrected chi connectivity index (χ3v) is 5.19. The Labute approximate surface area is 138 Å². The van der Waals surface area contributed by atoms with Gasteiger partial charge in [0.05, 0.1) is 0 Å². The highest BCUT2D eigenvalue weighted by atomic mass is 16.2. The van der Waals surface area contributed by atoms with Gasteiger partial charge in [0.15, 0.2) is 0 Å². The van der Waals surface area contributed by atoms with Crippen molar-refractivity contribution >= 4 is 6.03 Å². The molecule has 3 rings (SSSR count). The number of aromatic nitrogens is 2. The van der Waals surface area contributed by atoms with Gasteiger partial charge in [-0.2, -0.15) is 5.10 Å². The maximum Gasteiger partial charge on any atom is 0.317 e. The van der Waals surface area contributed by atoms with Crippen molar-refractivity contribution in [3.8, 4) is 0 Å². The number of likely N-dealkylation sites (tertiary alicyclic amines) is 2. The molecule has 128 valence electrons. The van der Waals surface area contributed by atoms with Crippen LogP contribution in [0.3, 0.4) is 0 Å². The minimum Gasteiger partial charge on any atom is -0.338 e. The largest absolute Gasteiger partial charge is 0.338 e.